The Hall–Kier alpha value is -2.08. The van der Waals surface area contributed by atoms with Gasteiger partial charge >= 0.3 is 5.97 Å². The molecule has 0 bridgehead atoms. The van der Waals surface area contributed by atoms with Crippen LogP contribution in [-0.2, 0) is 6.61 Å². The fourth-order valence-electron chi connectivity index (χ4n) is 1.19. The van der Waals surface area contributed by atoms with Crippen LogP contribution >= 0.6 is 11.3 Å². The summed E-state index contributed by atoms with van der Waals surface area (Å²) in [5, 5.41) is 18.7. The van der Waals surface area contributed by atoms with Gasteiger partial charge in [0, 0.05) is 0 Å². The van der Waals surface area contributed by atoms with Gasteiger partial charge in [0.15, 0.2) is 11.5 Å². The maximum atomic E-state index is 10.6. The number of carbonyl (C=O) groups is 1. The summed E-state index contributed by atoms with van der Waals surface area (Å²) in [6.45, 7) is 0.134. The maximum Gasteiger partial charge on any atom is 0.347 e. The minimum Gasteiger partial charge on any atom is -0.504 e. The van der Waals surface area contributed by atoms with E-state index >= 15 is 0 Å². The predicted octanol–water partition coefficient (Wildman–Crippen LogP) is 2.13. The van der Waals surface area contributed by atoms with Crippen LogP contribution < -0.4 is 4.74 Å². The Balaban J connectivity index is 2.02. The highest BCUT2D eigenvalue weighted by atomic mass is 32.1. The number of aromatic nitrogens is 1. The molecule has 88 valence electrons. The van der Waals surface area contributed by atoms with Crippen molar-refractivity contribution in [3.8, 4) is 11.5 Å². The van der Waals surface area contributed by atoms with E-state index in [9.17, 15) is 9.90 Å². The molecule has 0 aliphatic carbocycles. The van der Waals surface area contributed by atoms with Crippen LogP contribution in [-0.4, -0.2) is 21.2 Å². The quantitative estimate of drug-likeness (QED) is 0.870. The number of phenolic OH excluding ortho intramolecular Hbond substituents is 1. The lowest BCUT2D eigenvalue weighted by Gasteiger charge is -2.05. The van der Waals surface area contributed by atoms with Crippen LogP contribution in [0.5, 0.6) is 11.5 Å². The van der Waals surface area contributed by atoms with Gasteiger partial charge < -0.3 is 14.9 Å². The predicted molar refractivity (Wildman–Crippen MR) is 61.5 cm³/mol. The number of nitrogens with zero attached hydrogens (tertiary/aromatic N) is 1. The van der Waals surface area contributed by atoms with Crippen molar-refractivity contribution in [1.82, 2.24) is 4.98 Å². The number of carboxylic acid groups (broad SMARTS) is 1. The number of carboxylic acids is 1. The summed E-state index contributed by atoms with van der Waals surface area (Å²) < 4.78 is 5.32. The fraction of sp³-hybridized carbons (Fsp3) is 0.0909. The number of rotatable bonds is 4. The molecule has 0 radical (unpaired) electrons. The molecule has 2 aromatic rings. The van der Waals surface area contributed by atoms with Gasteiger partial charge in [0.2, 0.25) is 0 Å². The van der Waals surface area contributed by atoms with Crippen LogP contribution in [0, 0.1) is 0 Å². The fourth-order valence-corrected chi connectivity index (χ4v) is 1.86. The Bertz CT molecular complexity index is 538. The summed E-state index contributed by atoms with van der Waals surface area (Å²) >= 11 is 1.05. The molecule has 1 aromatic heterocycles. The lowest BCUT2D eigenvalue weighted by molar-refractivity contribution is 0.0702. The number of para-hydroxylation sites is 2. The van der Waals surface area contributed by atoms with E-state index in [0.717, 1.165) is 11.3 Å². The minimum atomic E-state index is -1.00. The van der Waals surface area contributed by atoms with E-state index in [-0.39, 0.29) is 17.2 Å². The topological polar surface area (TPSA) is 79.7 Å². The van der Waals surface area contributed by atoms with Crippen molar-refractivity contribution >= 4 is 17.3 Å². The standard InChI is InChI=1S/C11H9NO4S/c13-7-3-1-2-4-8(7)16-6-10-12-5-9(17-10)11(14)15/h1-5,13H,6H2,(H,14,15). The van der Waals surface area contributed by atoms with E-state index in [2.05, 4.69) is 4.98 Å². The second kappa shape index (κ2) is 4.84. The first-order chi connectivity index (χ1) is 8.16. The van der Waals surface area contributed by atoms with Crippen molar-refractivity contribution in [2.75, 3.05) is 0 Å². The van der Waals surface area contributed by atoms with Crippen LogP contribution in [0.15, 0.2) is 30.5 Å². The Labute approximate surface area is 101 Å². The minimum absolute atomic E-state index is 0.0440. The van der Waals surface area contributed by atoms with Crippen molar-refractivity contribution in [3.05, 3.63) is 40.3 Å². The second-order valence-corrected chi connectivity index (χ2v) is 4.30. The van der Waals surface area contributed by atoms with Crippen molar-refractivity contribution in [1.29, 1.82) is 0 Å². The molecular weight excluding hydrogens is 242 g/mol. The lowest BCUT2D eigenvalue weighted by atomic mass is 10.3. The Morgan fingerprint density at radius 2 is 2.18 bits per heavy atom. The molecule has 5 nitrogen and oxygen atoms in total. The van der Waals surface area contributed by atoms with Crippen LogP contribution in [0.2, 0.25) is 0 Å². The summed E-state index contributed by atoms with van der Waals surface area (Å²) in [6, 6.07) is 6.56. The summed E-state index contributed by atoms with van der Waals surface area (Å²) in [5.41, 5.74) is 0. The highest BCUT2D eigenvalue weighted by Crippen LogP contribution is 2.25. The normalized spacial score (nSPS) is 10.1. The first kappa shape index (κ1) is 11.4. The van der Waals surface area contributed by atoms with Crippen molar-refractivity contribution < 1.29 is 19.7 Å². The zero-order chi connectivity index (χ0) is 12.3. The smallest absolute Gasteiger partial charge is 0.347 e. The SMILES string of the molecule is O=C(O)c1cnc(COc2ccccc2O)s1. The van der Waals surface area contributed by atoms with Gasteiger partial charge in [-0.05, 0) is 12.1 Å². The molecule has 0 saturated carbocycles. The van der Waals surface area contributed by atoms with Gasteiger partial charge in [-0.15, -0.1) is 11.3 Å². The Morgan fingerprint density at radius 1 is 1.41 bits per heavy atom. The van der Waals surface area contributed by atoms with Crippen molar-refractivity contribution in [2.45, 2.75) is 6.61 Å². The Kier molecular flexibility index (Phi) is 3.24. The molecule has 1 aromatic carbocycles. The summed E-state index contributed by atoms with van der Waals surface area (Å²) in [6.07, 6.45) is 1.29. The number of aromatic carboxylic acids is 1. The molecule has 1 heterocycles. The molecule has 0 saturated heterocycles. The van der Waals surface area contributed by atoms with Gasteiger partial charge in [0.1, 0.15) is 16.5 Å². The summed E-state index contributed by atoms with van der Waals surface area (Å²) in [7, 11) is 0. The highest BCUT2D eigenvalue weighted by Gasteiger charge is 2.09. The zero-order valence-electron chi connectivity index (χ0n) is 8.66. The average Bonchev–Trinajstić information content (AvgIpc) is 2.77. The third-order valence-corrected chi connectivity index (χ3v) is 2.94. The van der Waals surface area contributed by atoms with E-state index in [1.807, 2.05) is 0 Å². The van der Waals surface area contributed by atoms with E-state index in [1.165, 1.54) is 12.3 Å². The van der Waals surface area contributed by atoms with E-state index in [4.69, 9.17) is 9.84 Å². The zero-order valence-corrected chi connectivity index (χ0v) is 9.48. The second-order valence-electron chi connectivity index (χ2n) is 3.18. The number of hydrogen-bond donors (Lipinski definition) is 2. The lowest BCUT2D eigenvalue weighted by Crippen LogP contribution is -1.94. The third-order valence-electron chi connectivity index (χ3n) is 1.98. The van der Waals surface area contributed by atoms with Crippen molar-refractivity contribution in [3.63, 3.8) is 0 Å². The number of hydrogen-bond acceptors (Lipinski definition) is 5. The van der Waals surface area contributed by atoms with Gasteiger partial charge in [-0.1, -0.05) is 12.1 Å². The van der Waals surface area contributed by atoms with E-state index in [0.29, 0.717) is 10.8 Å². The molecule has 0 fully saturated rings. The maximum absolute atomic E-state index is 10.6. The van der Waals surface area contributed by atoms with Crippen LogP contribution in [0.3, 0.4) is 0 Å². The Morgan fingerprint density at radius 3 is 2.82 bits per heavy atom. The summed E-state index contributed by atoms with van der Waals surface area (Å²) in [4.78, 5) is 14.7. The number of ether oxygens (including phenoxy) is 1. The first-order valence-electron chi connectivity index (χ1n) is 4.75. The van der Waals surface area contributed by atoms with E-state index in [1.54, 1.807) is 18.2 Å². The molecule has 0 amide bonds. The molecule has 17 heavy (non-hydrogen) atoms. The van der Waals surface area contributed by atoms with Gasteiger partial charge in [-0.25, -0.2) is 9.78 Å². The van der Waals surface area contributed by atoms with Gasteiger partial charge in [-0.2, -0.15) is 0 Å². The number of phenols is 1. The molecule has 6 heteroatoms. The van der Waals surface area contributed by atoms with Gasteiger partial charge in [0.05, 0.1) is 6.20 Å². The monoisotopic (exact) mass is 251 g/mol. The van der Waals surface area contributed by atoms with Crippen LogP contribution in [0.1, 0.15) is 14.7 Å². The average molecular weight is 251 g/mol. The molecule has 0 unspecified atom stereocenters. The highest BCUT2D eigenvalue weighted by molar-refractivity contribution is 7.13. The number of aromatic hydroxyl groups is 1. The molecule has 2 N–H and O–H groups in total. The number of thiazole rings is 1. The molecule has 0 spiro atoms. The molecule has 2 rings (SSSR count). The van der Waals surface area contributed by atoms with Crippen LogP contribution in [0.4, 0.5) is 0 Å². The largest absolute Gasteiger partial charge is 0.504 e. The van der Waals surface area contributed by atoms with Crippen molar-refractivity contribution in [2.24, 2.45) is 0 Å². The van der Waals surface area contributed by atoms with E-state index < -0.39 is 5.97 Å². The van der Waals surface area contributed by atoms with Gasteiger partial charge in [-0.3, -0.25) is 0 Å². The number of benzene rings is 1. The molecule has 0 aliphatic heterocycles. The van der Waals surface area contributed by atoms with Gasteiger partial charge in [0.25, 0.3) is 0 Å². The molecular formula is C11H9NO4S. The summed E-state index contributed by atoms with van der Waals surface area (Å²) in [5.74, 6) is -0.613. The van der Waals surface area contributed by atoms with Crippen LogP contribution in [0.25, 0.3) is 0 Å². The first-order valence-corrected chi connectivity index (χ1v) is 5.57. The molecule has 0 aliphatic rings. The molecule has 0 atom stereocenters. The third kappa shape index (κ3) is 2.73.